The third-order valence-corrected chi connectivity index (χ3v) is 3.72. The maximum Gasteiger partial charge on any atom is 0.222 e. The van der Waals surface area contributed by atoms with E-state index in [0.717, 1.165) is 25.4 Å². The molecule has 4 heteroatoms. The fourth-order valence-corrected chi connectivity index (χ4v) is 2.74. The highest BCUT2D eigenvalue weighted by Crippen LogP contribution is 2.27. The molecule has 4 nitrogen and oxygen atoms in total. The van der Waals surface area contributed by atoms with E-state index < -0.39 is 0 Å². The Kier molecular flexibility index (Phi) is 4.43. The molecule has 0 unspecified atom stereocenters. The molecule has 104 valence electrons. The monoisotopic (exact) mass is 262 g/mol. The maximum atomic E-state index is 11.4. The van der Waals surface area contributed by atoms with Gasteiger partial charge in [0.05, 0.1) is 12.5 Å². The highest BCUT2D eigenvalue weighted by Gasteiger charge is 2.33. The van der Waals surface area contributed by atoms with Gasteiger partial charge in [-0.1, -0.05) is 25.1 Å². The predicted molar refractivity (Wildman–Crippen MR) is 74.7 cm³/mol. The number of primary amides is 1. The van der Waals surface area contributed by atoms with Gasteiger partial charge in [0, 0.05) is 25.2 Å². The third kappa shape index (κ3) is 3.26. The summed E-state index contributed by atoms with van der Waals surface area (Å²) in [6.07, 6.45) is 0. The van der Waals surface area contributed by atoms with Crippen molar-refractivity contribution in [3.8, 4) is 5.75 Å². The summed E-state index contributed by atoms with van der Waals surface area (Å²) >= 11 is 0. The highest BCUT2D eigenvalue weighted by atomic mass is 16.5. The van der Waals surface area contributed by atoms with Crippen molar-refractivity contribution in [1.82, 2.24) is 4.90 Å². The molecule has 0 radical (unpaired) electrons. The molecule has 0 saturated carbocycles. The van der Waals surface area contributed by atoms with E-state index in [-0.39, 0.29) is 11.8 Å². The van der Waals surface area contributed by atoms with Gasteiger partial charge in [0.15, 0.2) is 0 Å². The van der Waals surface area contributed by atoms with Crippen LogP contribution in [0.4, 0.5) is 0 Å². The number of hydrogen-bond acceptors (Lipinski definition) is 3. The summed E-state index contributed by atoms with van der Waals surface area (Å²) < 4.78 is 5.63. The number of nitrogens with two attached hydrogens (primary N) is 1. The summed E-state index contributed by atoms with van der Waals surface area (Å²) in [6.45, 7) is 7.20. The van der Waals surface area contributed by atoms with Crippen LogP contribution in [0.5, 0.6) is 5.75 Å². The van der Waals surface area contributed by atoms with Gasteiger partial charge in [0.25, 0.3) is 0 Å². The molecule has 1 fully saturated rings. The van der Waals surface area contributed by atoms with Gasteiger partial charge in [-0.25, -0.2) is 0 Å². The minimum Gasteiger partial charge on any atom is -0.494 e. The first kappa shape index (κ1) is 13.9. The van der Waals surface area contributed by atoms with Crippen molar-refractivity contribution in [2.45, 2.75) is 20.4 Å². The fraction of sp³-hybridized carbons (Fsp3) is 0.533. The second-order valence-corrected chi connectivity index (χ2v) is 5.22. The molecule has 2 rings (SSSR count). The van der Waals surface area contributed by atoms with Crippen molar-refractivity contribution < 1.29 is 9.53 Å². The number of carbonyl (C=O) groups excluding carboxylic acids is 1. The molecule has 1 amide bonds. The van der Waals surface area contributed by atoms with Crippen molar-refractivity contribution in [3.05, 3.63) is 29.8 Å². The minimum atomic E-state index is -0.187. The smallest absolute Gasteiger partial charge is 0.222 e. The van der Waals surface area contributed by atoms with E-state index in [4.69, 9.17) is 10.5 Å². The number of likely N-dealkylation sites (tertiary alicyclic amines) is 1. The Morgan fingerprint density at radius 2 is 2.16 bits per heavy atom. The zero-order valence-electron chi connectivity index (χ0n) is 11.6. The second-order valence-electron chi connectivity index (χ2n) is 5.22. The number of hydrogen-bond donors (Lipinski definition) is 1. The lowest BCUT2D eigenvalue weighted by Crippen LogP contribution is -2.29. The summed E-state index contributed by atoms with van der Waals surface area (Å²) in [5.41, 5.74) is 6.60. The molecular weight excluding hydrogens is 240 g/mol. The van der Waals surface area contributed by atoms with Gasteiger partial charge in [0.1, 0.15) is 5.75 Å². The Morgan fingerprint density at radius 1 is 1.42 bits per heavy atom. The molecule has 0 spiro atoms. The minimum absolute atomic E-state index is 0.0285. The van der Waals surface area contributed by atoms with Gasteiger partial charge in [-0.3, -0.25) is 9.69 Å². The van der Waals surface area contributed by atoms with Crippen LogP contribution in [0.2, 0.25) is 0 Å². The molecule has 0 aromatic heterocycles. The van der Waals surface area contributed by atoms with E-state index in [0.29, 0.717) is 12.5 Å². The van der Waals surface area contributed by atoms with E-state index >= 15 is 0 Å². The molecule has 1 aromatic carbocycles. The summed E-state index contributed by atoms with van der Waals surface area (Å²) in [4.78, 5) is 13.6. The van der Waals surface area contributed by atoms with Gasteiger partial charge in [-0.15, -0.1) is 0 Å². The van der Waals surface area contributed by atoms with Gasteiger partial charge < -0.3 is 10.5 Å². The van der Waals surface area contributed by atoms with E-state index in [1.807, 2.05) is 25.1 Å². The van der Waals surface area contributed by atoms with E-state index in [2.05, 4.69) is 17.9 Å². The Bertz CT molecular complexity index is 448. The van der Waals surface area contributed by atoms with Crippen molar-refractivity contribution in [2.75, 3.05) is 19.7 Å². The van der Waals surface area contributed by atoms with Gasteiger partial charge in [-0.05, 0) is 18.9 Å². The van der Waals surface area contributed by atoms with Crippen LogP contribution < -0.4 is 10.5 Å². The number of nitrogens with zero attached hydrogens (tertiary/aromatic N) is 1. The molecule has 0 aliphatic carbocycles. The first-order valence-electron chi connectivity index (χ1n) is 6.84. The molecular formula is C15H22N2O2. The number of ether oxygens (including phenoxy) is 1. The average molecular weight is 262 g/mol. The van der Waals surface area contributed by atoms with E-state index in [1.54, 1.807) is 0 Å². The van der Waals surface area contributed by atoms with Crippen LogP contribution in [0.15, 0.2) is 24.3 Å². The van der Waals surface area contributed by atoms with Crippen LogP contribution in [-0.2, 0) is 11.3 Å². The van der Waals surface area contributed by atoms with Crippen molar-refractivity contribution in [1.29, 1.82) is 0 Å². The lowest BCUT2D eigenvalue weighted by atomic mass is 9.98. The fourth-order valence-electron chi connectivity index (χ4n) is 2.74. The van der Waals surface area contributed by atoms with E-state index in [1.165, 1.54) is 5.56 Å². The quantitative estimate of drug-likeness (QED) is 0.877. The lowest BCUT2D eigenvalue weighted by Gasteiger charge is -2.17. The van der Waals surface area contributed by atoms with Crippen LogP contribution in [0.3, 0.4) is 0 Å². The largest absolute Gasteiger partial charge is 0.494 e. The van der Waals surface area contributed by atoms with E-state index in [9.17, 15) is 4.79 Å². The van der Waals surface area contributed by atoms with Gasteiger partial charge >= 0.3 is 0 Å². The maximum absolute atomic E-state index is 11.4. The standard InChI is InChI=1S/C15H22N2O2/c1-3-19-14-7-5-4-6-12(14)9-17-8-11(2)13(10-17)15(16)18/h4-7,11,13H,3,8-10H2,1-2H3,(H2,16,18)/t11-,13-/m1/s1. The summed E-state index contributed by atoms with van der Waals surface area (Å²) in [6, 6.07) is 8.06. The normalized spacial score (nSPS) is 23.5. The molecule has 19 heavy (non-hydrogen) atoms. The number of carbonyl (C=O) groups is 1. The number of para-hydroxylation sites is 1. The lowest BCUT2D eigenvalue weighted by molar-refractivity contribution is -0.122. The zero-order valence-corrected chi connectivity index (χ0v) is 11.6. The molecule has 2 N–H and O–H groups in total. The van der Waals surface area contributed by atoms with Gasteiger partial charge in [-0.2, -0.15) is 0 Å². The van der Waals surface area contributed by atoms with Crippen LogP contribution in [0.25, 0.3) is 0 Å². The molecule has 2 atom stereocenters. The van der Waals surface area contributed by atoms with Crippen molar-refractivity contribution in [2.24, 2.45) is 17.6 Å². The topological polar surface area (TPSA) is 55.6 Å². The SMILES string of the molecule is CCOc1ccccc1CN1C[C@@H](C)[C@H](C(N)=O)C1. The number of rotatable bonds is 5. The van der Waals surface area contributed by atoms with Gasteiger partial charge in [0.2, 0.25) is 5.91 Å². The number of amides is 1. The molecule has 0 bridgehead atoms. The average Bonchev–Trinajstić information content (AvgIpc) is 2.73. The molecule has 1 aliphatic heterocycles. The van der Waals surface area contributed by atoms with Crippen LogP contribution >= 0.6 is 0 Å². The molecule has 1 aliphatic rings. The van der Waals surface area contributed by atoms with Crippen LogP contribution in [0, 0.1) is 11.8 Å². The predicted octanol–water partition coefficient (Wildman–Crippen LogP) is 1.64. The summed E-state index contributed by atoms with van der Waals surface area (Å²) in [5.74, 6) is 1.05. The molecule has 1 aromatic rings. The Morgan fingerprint density at radius 3 is 2.79 bits per heavy atom. The first-order chi connectivity index (χ1) is 9.11. The van der Waals surface area contributed by atoms with Crippen molar-refractivity contribution in [3.63, 3.8) is 0 Å². The zero-order chi connectivity index (χ0) is 13.8. The third-order valence-electron chi connectivity index (χ3n) is 3.72. The highest BCUT2D eigenvalue weighted by molar-refractivity contribution is 5.77. The molecule has 1 heterocycles. The number of benzene rings is 1. The van der Waals surface area contributed by atoms with Crippen molar-refractivity contribution >= 4 is 5.91 Å². The second kappa shape index (κ2) is 6.06. The Labute approximate surface area is 114 Å². The first-order valence-corrected chi connectivity index (χ1v) is 6.84. The van der Waals surface area contributed by atoms with Crippen LogP contribution in [0.1, 0.15) is 19.4 Å². The summed E-state index contributed by atoms with van der Waals surface area (Å²) in [5, 5.41) is 0. The summed E-state index contributed by atoms with van der Waals surface area (Å²) in [7, 11) is 0. The Hall–Kier alpha value is -1.55. The molecule has 1 saturated heterocycles. The van der Waals surface area contributed by atoms with Crippen LogP contribution in [-0.4, -0.2) is 30.5 Å². The Balaban J connectivity index is 2.04.